The van der Waals surface area contributed by atoms with Gasteiger partial charge in [0.2, 0.25) is 5.91 Å². The lowest BCUT2D eigenvalue weighted by atomic mass is 9.95. The van der Waals surface area contributed by atoms with Crippen LogP contribution >= 0.6 is 11.8 Å². The summed E-state index contributed by atoms with van der Waals surface area (Å²) in [6, 6.07) is 10.6. The van der Waals surface area contributed by atoms with Crippen LogP contribution in [0.5, 0.6) is 0 Å². The Kier molecular flexibility index (Phi) is 12.5. The highest BCUT2D eigenvalue weighted by atomic mass is 32.2. The number of hydrogen-bond donors (Lipinski definition) is 1. The molecule has 1 aliphatic heterocycles. The number of methoxy groups -OCH3 is 1. The number of carbonyl (C=O) groups excluding carboxylic acids is 2. The van der Waals surface area contributed by atoms with Gasteiger partial charge < -0.3 is 14.7 Å². The first-order valence-electron chi connectivity index (χ1n) is 11.9. The van der Waals surface area contributed by atoms with Gasteiger partial charge in [-0.25, -0.2) is 0 Å². The molecule has 3 atom stereocenters. The standard InChI is InChI=1S/C26H39NO4S/c1-21(9-6-7-12-22-10-4-3-5-11-22)24(28)16-14-23-15-17-25(29)27(23)18-20-32-19-8-13-26(30)31-2/h3-5,10-11,14,16,21,23-24,28H,6-9,12-13,15,17-20H2,1-2H3/t21-,23-,24+/m0/s1. The number of hydrogen-bond acceptors (Lipinski definition) is 5. The van der Waals surface area contributed by atoms with E-state index in [0.29, 0.717) is 19.4 Å². The average molecular weight is 462 g/mol. The van der Waals surface area contributed by atoms with Crippen molar-refractivity contribution in [3.63, 3.8) is 0 Å². The minimum absolute atomic E-state index is 0.0816. The Bertz CT molecular complexity index is 709. The van der Waals surface area contributed by atoms with E-state index in [0.717, 1.165) is 50.0 Å². The number of carbonyl (C=O) groups is 2. The molecule has 1 fully saturated rings. The van der Waals surface area contributed by atoms with E-state index < -0.39 is 6.10 Å². The molecule has 0 aliphatic carbocycles. The third-order valence-electron chi connectivity index (χ3n) is 6.08. The topological polar surface area (TPSA) is 66.8 Å². The van der Waals surface area contributed by atoms with Gasteiger partial charge in [0.1, 0.15) is 0 Å². The summed E-state index contributed by atoms with van der Waals surface area (Å²) in [6.07, 6.45) is 10.4. The maximum absolute atomic E-state index is 12.3. The molecule has 1 amide bonds. The molecule has 1 aliphatic rings. The van der Waals surface area contributed by atoms with E-state index in [2.05, 4.69) is 35.9 Å². The largest absolute Gasteiger partial charge is 0.469 e. The number of rotatable bonds is 15. The van der Waals surface area contributed by atoms with Crippen molar-refractivity contribution in [2.75, 3.05) is 25.2 Å². The van der Waals surface area contributed by atoms with Crippen LogP contribution in [0.1, 0.15) is 57.4 Å². The summed E-state index contributed by atoms with van der Waals surface area (Å²) in [5.41, 5.74) is 1.37. The number of likely N-dealkylation sites (tertiary alicyclic amines) is 1. The zero-order chi connectivity index (χ0) is 23.2. The van der Waals surface area contributed by atoms with Crippen molar-refractivity contribution in [2.45, 2.75) is 70.4 Å². The van der Waals surface area contributed by atoms with Gasteiger partial charge in [0, 0.05) is 25.1 Å². The number of aliphatic hydroxyl groups is 1. The molecule has 178 valence electrons. The first kappa shape index (κ1) is 26.5. The summed E-state index contributed by atoms with van der Waals surface area (Å²) in [5.74, 6) is 1.97. The Hall–Kier alpha value is -1.79. The van der Waals surface area contributed by atoms with Crippen LogP contribution in [0, 0.1) is 5.92 Å². The third-order valence-corrected chi connectivity index (χ3v) is 7.13. The monoisotopic (exact) mass is 461 g/mol. The number of nitrogens with zero attached hydrogens (tertiary/aromatic N) is 1. The van der Waals surface area contributed by atoms with Crippen molar-refractivity contribution in [1.29, 1.82) is 0 Å². The molecule has 1 heterocycles. The Balaban J connectivity index is 1.65. The number of aliphatic hydroxyl groups excluding tert-OH is 1. The summed E-state index contributed by atoms with van der Waals surface area (Å²) < 4.78 is 4.65. The van der Waals surface area contributed by atoms with Crippen LogP contribution in [0.25, 0.3) is 0 Å². The molecule has 0 spiro atoms. The predicted octanol–water partition coefficient (Wildman–Crippen LogP) is 4.63. The summed E-state index contributed by atoms with van der Waals surface area (Å²) in [5, 5.41) is 10.6. The summed E-state index contributed by atoms with van der Waals surface area (Å²) >= 11 is 1.76. The highest BCUT2D eigenvalue weighted by Gasteiger charge is 2.28. The smallest absolute Gasteiger partial charge is 0.305 e. The minimum atomic E-state index is -0.475. The molecular weight excluding hydrogens is 422 g/mol. The number of amides is 1. The number of thioether (sulfide) groups is 1. The zero-order valence-corrected chi connectivity index (χ0v) is 20.4. The molecule has 0 radical (unpaired) electrons. The number of ether oxygens (including phenoxy) is 1. The van der Waals surface area contributed by atoms with Crippen LogP contribution < -0.4 is 0 Å². The van der Waals surface area contributed by atoms with E-state index in [1.54, 1.807) is 11.8 Å². The predicted molar refractivity (Wildman–Crippen MR) is 132 cm³/mol. The first-order chi connectivity index (χ1) is 15.5. The lowest BCUT2D eigenvalue weighted by Gasteiger charge is -2.23. The van der Waals surface area contributed by atoms with E-state index >= 15 is 0 Å². The summed E-state index contributed by atoms with van der Waals surface area (Å²) in [6.45, 7) is 2.81. The number of benzene rings is 1. The van der Waals surface area contributed by atoms with Gasteiger partial charge in [0.05, 0.1) is 19.3 Å². The van der Waals surface area contributed by atoms with E-state index in [1.165, 1.54) is 12.7 Å². The third kappa shape index (κ3) is 9.78. The fourth-order valence-electron chi connectivity index (χ4n) is 3.97. The molecule has 1 saturated heterocycles. The van der Waals surface area contributed by atoms with Crippen LogP contribution in [0.4, 0.5) is 0 Å². The highest BCUT2D eigenvalue weighted by molar-refractivity contribution is 7.99. The van der Waals surface area contributed by atoms with Crippen molar-refractivity contribution >= 4 is 23.6 Å². The molecule has 0 bridgehead atoms. The van der Waals surface area contributed by atoms with Gasteiger partial charge in [0.25, 0.3) is 0 Å². The average Bonchev–Trinajstić information content (AvgIpc) is 3.16. The second-order valence-electron chi connectivity index (χ2n) is 8.57. The van der Waals surface area contributed by atoms with Gasteiger partial charge >= 0.3 is 5.97 Å². The number of aryl methyl sites for hydroxylation is 1. The maximum Gasteiger partial charge on any atom is 0.305 e. The van der Waals surface area contributed by atoms with Crippen molar-refractivity contribution in [2.24, 2.45) is 5.92 Å². The van der Waals surface area contributed by atoms with E-state index in [9.17, 15) is 14.7 Å². The van der Waals surface area contributed by atoms with Gasteiger partial charge in [0.15, 0.2) is 0 Å². The summed E-state index contributed by atoms with van der Waals surface area (Å²) in [4.78, 5) is 25.3. The second kappa shape index (κ2) is 15.1. The molecule has 0 saturated carbocycles. The summed E-state index contributed by atoms with van der Waals surface area (Å²) in [7, 11) is 1.41. The van der Waals surface area contributed by atoms with Crippen molar-refractivity contribution in [1.82, 2.24) is 4.90 Å². The molecule has 6 heteroatoms. The molecule has 5 nitrogen and oxygen atoms in total. The molecular formula is C26H39NO4S. The molecule has 1 N–H and O–H groups in total. The molecule has 1 aromatic rings. The molecule has 32 heavy (non-hydrogen) atoms. The zero-order valence-electron chi connectivity index (χ0n) is 19.6. The van der Waals surface area contributed by atoms with Gasteiger partial charge in [-0.1, -0.05) is 55.8 Å². The van der Waals surface area contributed by atoms with Gasteiger partial charge in [-0.15, -0.1) is 0 Å². The number of unbranched alkanes of at least 4 members (excludes halogenated alkanes) is 1. The second-order valence-corrected chi connectivity index (χ2v) is 9.79. The maximum atomic E-state index is 12.3. The Morgan fingerprint density at radius 3 is 2.78 bits per heavy atom. The van der Waals surface area contributed by atoms with E-state index in [-0.39, 0.29) is 23.8 Å². The van der Waals surface area contributed by atoms with Crippen LogP contribution in [-0.2, 0) is 20.7 Å². The van der Waals surface area contributed by atoms with Crippen molar-refractivity contribution in [3.8, 4) is 0 Å². The van der Waals surface area contributed by atoms with Gasteiger partial charge in [-0.05, 0) is 49.3 Å². The number of esters is 1. The van der Waals surface area contributed by atoms with Gasteiger partial charge in [-0.2, -0.15) is 11.8 Å². The van der Waals surface area contributed by atoms with Crippen LogP contribution in [0.3, 0.4) is 0 Å². The van der Waals surface area contributed by atoms with E-state index in [1.807, 2.05) is 23.1 Å². The van der Waals surface area contributed by atoms with Crippen molar-refractivity contribution < 1.29 is 19.4 Å². The van der Waals surface area contributed by atoms with Crippen LogP contribution in [0.2, 0.25) is 0 Å². The molecule has 0 aromatic heterocycles. The first-order valence-corrected chi connectivity index (χ1v) is 13.0. The fraction of sp³-hybridized carbons (Fsp3) is 0.615. The molecule has 0 unspecified atom stereocenters. The van der Waals surface area contributed by atoms with Gasteiger partial charge in [-0.3, -0.25) is 9.59 Å². The lowest BCUT2D eigenvalue weighted by Crippen LogP contribution is -2.34. The lowest BCUT2D eigenvalue weighted by molar-refractivity contribution is -0.140. The van der Waals surface area contributed by atoms with Crippen molar-refractivity contribution in [3.05, 3.63) is 48.0 Å². The van der Waals surface area contributed by atoms with E-state index in [4.69, 9.17) is 0 Å². The Morgan fingerprint density at radius 1 is 1.25 bits per heavy atom. The van der Waals surface area contributed by atoms with Crippen LogP contribution in [-0.4, -0.2) is 59.2 Å². The fourth-order valence-corrected chi connectivity index (χ4v) is 4.85. The quantitative estimate of drug-likeness (QED) is 0.234. The van der Waals surface area contributed by atoms with Crippen LogP contribution in [0.15, 0.2) is 42.5 Å². The normalized spacial score (nSPS) is 18.3. The Morgan fingerprint density at radius 2 is 2.03 bits per heavy atom. The molecule has 2 rings (SSSR count). The molecule has 1 aromatic carbocycles. The highest BCUT2D eigenvalue weighted by Crippen LogP contribution is 2.22. The minimum Gasteiger partial charge on any atom is -0.469 e. The Labute approximate surface area is 197 Å². The SMILES string of the molecule is COC(=O)CCCSCCN1C(=O)CC[C@@H]1C=C[C@@H](O)[C@@H](C)CCCCc1ccccc1.